The van der Waals surface area contributed by atoms with Gasteiger partial charge in [-0.05, 0) is 0 Å². The quantitative estimate of drug-likeness (QED) is 0.150. The van der Waals surface area contributed by atoms with E-state index in [2.05, 4.69) is 0 Å². The number of ether oxygens (including phenoxy) is 6. The van der Waals surface area contributed by atoms with Crippen molar-refractivity contribution in [1.82, 2.24) is 0 Å². The summed E-state index contributed by atoms with van der Waals surface area (Å²) >= 11 is 0. The average molecular weight is 502 g/mol. The third-order valence-corrected chi connectivity index (χ3v) is 6.17. The minimum Gasteiger partial charge on any atom is -0.394 e. The van der Waals surface area contributed by atoms with Gasteiger partial charge in [0.1, 0.15) is 54.9 Å². The maximum absolute atomic E-state index is 10.8. The largest absolute Gasteiger partial charge is 0.394 e. The molecule has 34 heavy (non-hydrogen) atoms. The van der Waals surface area contributed by atoms with Crippen molar-refractivity contribution in [3.63, 3.8) is 0 Å². The molecule has 0 radical (unpaired) electrons. The maximum Gasteiger partial charge on any atom is 0.187 e. The molecule has 3 fully saturated rings. The molecule has 3 aliphatic rings. The molecule has 0 aromatic rings. The molecule has 3 rings (SSSR count). The van der Waals surface area contributed by atoms with E-state index in [1.807, 2.05) is 0 Å². The summed E-state index contributed by atoms with van der Waals surface area (Å²) in [5.41, 5.74) is 0. The Balaban J connectivity index is 1.77. The van der Waals surface area contributed by atoms with Crippen molar-refractivity contribution >= 4 is 0 Å². The van der Waals surface area contributed by atoms with Gasteiger partial charge in [-0.25, -0.2) is 0 Å². The standard InChI is InChI=1S/C19H34O15/c1-29-19-16(13(27)11(25)8(4-21)32-19)34-18-14(28)15(12(26)9(5-22)31-18)33-17-10(24)7(23)2-6(3-20)30-17/h6-28H,2-5H2,1H3/t6-,7-,8+,9+,10+,11+,12+,13-,14-,15-,16-,17+,18+,19-/m0/s1. The molecule has 15 nitrogen and oxygen atoms in total. The van der Waals surface area contributed by atoms with Crippen LogP contribution in [0.25, 0.3) is 0 Å². The van der Waals surface area contributed by atoms with Gasteiger partial charge >= 0.3 is 0 Å². The molecule has 9 N–H and O–H groups in total. The Morgan fingerprint density at radius 2 is 1.18 bits per heavy atom. The summed E-state index contributed by atoms with van der Waals surface area (Å²) in [6.07, 6.45) is -20.6. The lowest BCUT2D eigenvalue weighted by Gasteiger charge is -2.47. The molecule has 0 unspecified atom stereocenters. The molecule has 3 aliphatic heterocycles. The van der Waals surface area contributed by atoms with Gasteiger partial charge in [0.25, 0.3) is 0 Å². The van der Waals surface area contributed by atoms with Gasteiger partial charge in [0, 0.05) is 13.5 Å². The van der Waals surface area contributed by atoms with Gasteiger partial charge in [-0.2, -0.15) is 0 Å². The van der Waals surface area contributed by atoms with Crippen LogP contribution in [-0.4, -0.2) is 159 Å². The number of hydrogen-bond donors (Lipinski definition) is 9. The lowest BCUT2D eigenvalue weighted by atomic mass is 9.96. The smallest absolute Gasteiger partial charge is 0.187 e. The molecule has 3 saturated heterocycles. The normalized spacial score (nSPS) is 50.3. The van der Waals surface area contributed by atoms with Crippen molar-refractivity contribution in [2.45, 2.75) is 92.4 Å². The fraction of sp³-hybridized carbons (Fsp3) is 1.00. The molecule has 0 aliphatic carbocycles. The van der Waals surface area contributed by atoms with Crippen LogP contribution in [0.15, 0.2) is 0 Å². The van der Waals surface area contributed by atoms with E-state index < -0.39 is 106 Å². The van der Waals surface area contributed by atoms with E-state index in [1.54, 1.807) is 0 Å². The van der Waals surface area contributed by atoms with Crippen LogP contribution in [0.3, 0.4) is 0 Å². The Bertz CT molecular complexity index is 625. The van der Waals surface area contributed by atoms with Crippen molar-refractivity contribution in [3.05, 3.63) is 0 Å². The van der Waals surface area contributed by atoms with Crippen LogP contribution in [0, 0.1) is 0 Å². The zero-order valence-corrected chi connectivity index (χ0v) is 18.4. The molecule has 0 amide bonds. The fourth-order valence-corrected chi connectivity index (χ4v) is 4.17. The molecular weight excluding hydrogens is 468 g/mol. The van der Waals surface area contributed by atoms with Gasteiger partial charge in [-0.15, -0.1) is 0 Å². The summed E-state index contributed by atoms with van der Waals surface area (Å²) in [5.74, 6) is 0. The molecule has 14 atom stereocenters. The number of aliphatic hydroxyl groups excluding tert-OH is 9. The van der Waals surface area contributed by atoms with Crippen LogP contribution in [-0.2, 0) is 28.4 Å². The van der Waals surface area contributed by atoms with Gasteiger partial charge in [0.05, 0.1) is 32.0 Å². The minimum atomic E-state index is -1.79. The van der Waals surface area contributed by atoms with Crippen LogP contribution < -0.4 is 0 Å². The van der Waals surface area contributed by atoms with Crippen LogP contribution in [0.2, 0.25) is 0 Å². The molecule has 0 spiro atoms. The Kier molecular flexibility index (Phi) is 9.95. The van der Waals surface area contributed by atoms with E-state index in [9.17, 15) is 46.0 Å². The van der Waals surface area contributed by atoms with E-state index in [0.717, 1.165) is 0 Å². The van der Waals surface area contributed by atoms with E-state index in [4.69, 9.17) is 28.4 Å². The van der Waals surface area contributed by atoms with Crippen molar-refractivity contribution in [1.29, 1.82) is 0 Å². The summed E-state index contributed by atoms with van der Waals surface area (Å²) in [6, 6.07) is 0. The third kappa shape index (κ3) is 5.69. The first-order chi connectivity index (χ1) is 16.2. The summed E-state index contributed by atoms with van der Waals surface area (Å²) in [6.45, 7) is -1.84. The molecule has 15 heteroatoms. The van der Waals surface area contributed by atoms with Crippen molar-refractivity contribution < 1.29 is 74.4 Å². The zero-order chi connectivity index (χ0) is 25.2. The van der Waals surface area contributed by atoms with Crippen molar-refractivity contribution in [2.75, 3.05) is 26.9 Å². The van der Waals surface area contributed by atoms with Crippen LogP contribution in [0.5, 0.6) is 0 Å². The molecule has 200 valence electrons. The third-order valence-electron chi connectivity index (χ3n) is 6.17. The highest BCUT2D eigenvalue weighted by atomic mass is 16.8. The van der Waals surface area contributed by atoms with Crippen LogP contribution in [0.4, 0.5) is 0 Å². The van der Waals surface area contributed by atoms with Crippen molar-refractivity contribution in [3.8, 4) is 0 Å². The summed E-state index contributed by atoms with van der Waals surface area (Å²) in [5, 5.41) is 90.5. The Hall–Kier alpha value is -0.600. The second-order valence-electron chi connectivity index (χ2n) is 8.45. The molecule has 0 aromatic heterocycles. The first-order valence-electron chi connectivity index (χ1n) is 10.9. The number of hydrogen-bond acceptors (Lipinski definition) is 15. The van der Waals surface area contributed by atoms with Gasteiger partial charge in [-0.1, -0.05) is 0 Å². The predicted molar refractivity (Wildman–Crippen MR) is 105 cm³/mol. The first kappa shape index (κ1) is 28.0. The predicted octanol–water partition coefficient (Wildman–Crippen LogP) is -5.89. The summed E-state index contributed by atoms with van der Waals surface area (Å²) in [4.78, 5) is 0. The minimum absolute atomic E-state index is 0.0729. The molecule has 0 aromatic carbocycles. The van der Waals surface area contributed by atoms with Gasteiger partial charge in [0.2, 0.25) is 0 Å². The second-order valence-corrected chi connectivity index (χ2v) is 8.45. The van der Waals surface area contributed by atoms with E-state index in [1.165, 1.54) is 7.11 Å². The topological polar surface area (TPSA) is 237 Å². The van der Waals surface area contributed by atoms with Crippen LogP contribution >= 0.6 is 0 Å². The molecule has 0 saturated carbocycles. The Morgan fingerprint density at radius 3 is 1.76 bits per heavy atom. The van der Waals surface area contributed by atoms with Gasteiger partial charge in [-0.3, -0.25) is 0 Å². The summed E-state index contributed by atoms with van der Waals surface area (Å²) in [7, 11) is 1.22. The highest BCUT2D eigenvalue weighted by Crippen LogP contribution is 2.32. The fourth-order valence-electron chi connectivity index (χ4n) is 4.17. The Labute approximate surface area is 194 Å². The molecule has 3 heterocycles. The van der Waals surface area contributed by atoms with Gasteiger partial charge < -0.3 is 74.4 Å². The van der Waals surface area contributed by atoms with E-state index in [-0.39, 0.29) is 6.42 Å². The lowest BCUT2D eigenvalue weighted by Crippen LogP contribution is -2.66. The number of rotatable bonds is 8. The maximum atomic E-state index is 10.8. The number of methoxy groups -OCH3 is 1. The first-order valence-corrected chi connectivity index (χ1v) is 10.9. The highest BCUT2D eigenvalue weighted by molar-refractivity contribution is 4.95. The van der Waals surface area contributed by atoms with Crippen LogP contribution in [0.1, 0.15) is 6.42 Å². The lowest BCUT2D eigenvalue weighted by molar-refractivity contribution is -0.380. The molecular formula is C19H34O15. The average Bonchev–Trinajstić information content (AvgIpc) is 2.83. The highest BCUT2D eigenvalue weighted by Gasteiger charge is 2.52. The summed E-state index contributed by atoms with van der Waals surface area (Å²) < 4.78 is 32.4. The zero-order valence-electron chi connectivity index (χ0n) is 18.4. The van der Waals surface area contributed by atoms with E-state index >= 15 is 0 Å². The molecule has 0 bridgehead atoms. The van der Waals surface area contributed by atoms with Gasteiger partial charge in [0.15, 0.2) is 18.9 Å². The van der Waals surface area contributed by atoms with E-state index in [0.29, 0.717) is 0 Å². The monoisotopic (exact) mass is 502 g/mol. The SMILES string of the molecule is CO[C@H]1O[C@H](CO)[C@@H](O)[C@H](O)[C@@H]1O[C@H]1O[C@H](CO)[C@@H](O)[C@H](O[C@H]2O[C@H](CO)C[C@H](O)[C@H]2O)[C@@H]1O. The van der Waals surface area contributed by atoms with Crippen molar-refractivity contribution in [2.24, 2.45) is 0 Å². The number of aliphatic hydroxyl groups is 9. The second kappa shape index (κ2) is 12.1. The Morgan fingerprint density at radius 1 is 0.618 bits per heavy atom.